The Balaban J connectivity index is 1.68. The van der Waals surface area contributed by atoms with Crippen molar-refractivity contribution >= 4 is 39.3 Å². The molecule has 0 atom stereocenters. The Morgan fingerprint density at radius 1 is 1.17 bits per heavy atom. The van der Waals surface area contributed by atoms with Crippen LogP contribution in [0.4, 0.5) is 5.82 Å². The number of piperazine rings is 1. The molecule has 1 aromatic carbocycles. The van der Waals surface area contributed by atoms with Crippen LogP contribution in [0.3, 0.4) is 0 Å². The fourth-order valence-corrected chi connectivity index (χ4v) is 3.38. The smallest absolute Gasteiger partial charge is 0.254 e. The molecular weight excluding hydrogens is 378 g/mol. The summed E-state index contributed by atoms with van der Waals surface area (Å²) >= 11 is 9.38. The summed E-state index contributed by atoms with van der Waals surface area (Å²) in [6, 6.07) is 11.4. The zero-order chi connectivity index (χ0) is 16.4. The van der Waals surface area contributed by atoms with Crippen molar-refractivity contribution in [1.82, 2.24) is 9.88 Å². The van der Waals surface area contributed by atoms with Crippen LogP contribution in [0.5, 0.6) is 0 Å². The highest BCUT2D eigenvalue weighted by atomic mass is 79.9. The molecule has 1 fully saturated rings. The van der Waals surface area contributed by atoms with E-state index in [4.69, 9.17) is 11.6 Å². The van der Waals surface area contributed by atoms with Gasteiger partial charge in [-0.3, -0.25) is 4.79 Å². The van der Waals surface area contributed by atoms with Crippen LogP contribution in [-0.2, 0) is 0 Å². The van der Waals surface area contributed by atoms with Crippen LogP contribution in [0.25, 0.3) is 0 Å². The predicted octanol–water partition coefficient (Wildman–Crippen LogP) is 3.77. The summed E-state index contributed by atoms with van der Waals surface area (Å²) in [6.07, 6.45) is 0. The molecule has 4 nitrogen and oxygen atoms in total. The zero-order valence-corrected chi connectivity index (χ0v) is 15.1. The van der Waals surface area contributed by atoms with Gasteiger partial charge in [0, 0.05) is 36.2 Å². The van der Waals surface area contributed by atoms with Crippen LogP contribution >= 0.6 is 27.5 Å². The summed E-state index contributed by atoms with van der Waals surface area (Å²) in [5.74, 6) is 0.957. The van der Waals surface area contributed by atoms with Crippen LogP contribution in [0.15, 0.2) is 40.9 Å². The number of nitrogens with zero attached hydrogens (tertiary/aromatic N) is 3. The highest BCUT2D eigenvalue weighted by molar-refractivity contribution is 9.10. The lowest BCUT2D eigenvalue weighted by Crippen LogP contribution is -2.49. The Morgan fingerprint density at radius 3 is 2.57 bits per heavy atom. The van der Waals surface area contributed by atoms with Gasteiger partial charge in [0.25, 0.3) is 5.91 Å². The lowest BCUT2D eigenvalue weighted by molar-refractivity contribution is 0.0746. The standard InChI is InChI=1S/C17H17BrClN3O/c1-12-11-13(18)5-6-14(12)17(23)22-9-7-21(8-10-22)16-4-2-3-15(19)20-16/h2-6,11H,7-10H2,1H3. The van der Waals surface area contributed by atoms with Crippen molar-refractivity contribution in [2.24, 2.45) is 0 Å². The van der Waals surface area contributed by atoms with Gasteiger partial charge in [0.2, 0.25) is 0 Å². The lowest BCUT2D eigenvalue weighted by atomic mass is 10.1. The fourth-order valence-electron chi connectivity index (χ4n) is 2.75. The van der Waals surface area contributed by atoms with Crippen molar-refractivity contribution < 1.29 is 4.79 Å². The van der Waals surface area contributed by atoms with Gasteiger partial charge in [-0.15, -0.1) is 0 Å². The van der Waals surface area contributed by atoms with E-state index in [9.17, 15) is 4.79 Å². The van der Waals surface area contributed by atoms with Crippen LogP contribution < -0.4 is 4.90 Å². The number of carbonyl (C=O) groups is 1. The van der Waals surface area contributed by atoms with E-state index in [1.807, 2.05) is 42.2 Å². The normalized spacial score (nSPS) is 14.9. The first-order chi connectivity index (χ1) is 11.0. The van der Waals surface area contributed by atoms with Gasteiger partial charge >= 0.3 is 0 Å². The third kappa shape index (κ3) is 3.67. The van der Waals surface area contributed by atoms with Crippen molar-refractivity contribution in [3.63, 3.8) is 0 Å². The molecule has 2 heterocycles. The SMILES string of the molecule is Cc1cc(Br)ccc1C(=O)N1CCN(c2cccc(Cl)n2)CC1. The van der Waals surface area contributed by atoms with E-state index in [2.05, 4.69) is 25.8 Å². The van der Waals surface area contributed by atoms with Crippen molar-refractivity contribution in [2.45, 2.75) is 6.92 Å². The molecule has 0 saturated carbocycles. The van der Waals surface area contributed by atoms with E-state index in [1.165, 1.54) is 0 Å². The third-order valence-corrected chi connectivity index (χ3v) is 4.71. The van der Waals surface area contributed by atoms with Gasteiger partial charge in [0.1, 0.15) is 11.0 Å². The number of rotatable bonds is 2. The van der Waals surface area contributed by atoms with Crippen molar-refractivity contribution in [3.05, 3.63) is 57.2 Å². The molecule has 0 aliphatic carbocycles. The Kier molecular flexibility index (Phi) is 4.87. The molecule has 1 saturated heterocycles. The van der Waals surface area contributed by atoms with Gasteiger partial charge in [-0.25, -0.2) is 4.98 Å². The van der Waals surface area contributed by atoms with E-state index in [-0.39, 0.29) is 5.91 Å². The second-order valence-corrected chi connectivity index (χ2v) is 6.86. The fraction of sp³-hybridized carbons (Fsp3) is 0.294. The zero-order valence-electron chi connectivity index (χ0n) is 12.8. The quantitative estimate of drug-likeness (QED) is 0.728. The summed E-state index contributed by atoms with van der Waals surface area (Å²) in [5.41, 5.74) is 1.76. The minimum absolute atomic E-state index is 0.0914. The van der Waals surface area contributed by atoms with Crippen LogP contribution in [0, 0.1) is 6.92 Å². The number of hydrogen-bond acceptors (Lipinski definition) is 3. The minimum Gasteiger partial charge on any atom is -0.353 e. The van der Waals surface area contributed by atoms with Gasteiger partial charge in [-0.1, -0.05) is 33.6 Å². The maximum Gasteiger partial charge on any atom is 0.254 e. The van der Waals surface area contributed by atoms with E-state index in [0.717, 1.165) is 34.5 Å². The molecule has 1 aromatic heterocycles. The topological polar surface area (TPSA) is 36.4 Å². The molecule has 3 rings (SSSR count). The number of pyridine rings is 1. The second kappa shape index (κ2) is 6.89. The summed E-state index contributed by atoms with van der Waals surface area (Å²) in [4.78, 5) is 21.1. The van der Waals surface area contributed by atoms with Gasteiger partial charge in [-0.2, -0.15) is 0 Å². The second-order valence-electron chi connectivity index (χ2n) is 5.56. The predicted molar refractivity (Wildman–Crippen MR) is 96.2 cm³/mol. The molecule has 2 aromatic rings. The first kappa shape index (κ1) is 16.3. The van der Waals surface area contributed by atoms with E-state index >= 15 is 0 Å². The summed E-state index contributed by atoms with van der Waals surface area (Å²) < 4.78 is 0.989. The van der Waals surface area contributed by atoms with Crippen LogP contribution in [0.1, 0.15) is 15.9 Å². The van der Waals surface area contributed by atoms with Gasteiger partial charge < -0.3 is 9.80 Å². The van der Waals surface area contributed by atoms with Crippen molar-refractivity contribution in [3.8, 4) is 0 Å². The first-order valence-corrected chi connectivity index (χ1v) is 8.64. The number of amides is 1. The average Bonchev–Trinajstić information content (AvgIpc) is 2.54. The maximum atomic E-state index is 12.7. The molecule has 1 amide bonds. The molecule has 0 unspecified atom stereocenters. The molecule has 1 aliphatic rings. The van der Waals surface area contributed by atoms with E-state index in [0.29, 0.717) is 18.2 Å². The largest absolute Gasteiger partial charge is 0.353 e. The number of carbonyl (C=O) groups excluding carboxylic acids is 1. The number of aromatic nitrogens is 1. The molecule has 23 heavy (non-hydrogen) atoms. The monoisotopic (exact) mass is 393 g/mol. The first-order valence-electron chi connectivity index (χ1n) is 7.47. The van der Waals surface area contributed by atoms with Gasteiger partial charge in [0.05, 0.1) is 0 Å². The number of anilines is 1. The Hall–Kier alpha value is -1.59. The van der Waals surface area contributed by atoms with E-state index < -0.39 is 0 Å². The highest BCUT2D eigenvalue weighted by Gasteiger charge is 2.23. The summed E-state index contributed by atoms with van der Waals surface area (Å²) in [6.45, 7) is 4.85. The summed E-state index contributed by atoms with van der Waals surface area (Å²) in [5, 5.41) is 0.492. The maximum absolute atomic E-state index is 12.7. The molecule has 6 heteroatoms. The molecule has 0 spiro atoms. The van der Waals surface area contributed by atoms with Crippen molar-refractivity contribution in [1.29, 1.82) is 0 Å². The average molecular weight is 395 g/mol. The summed E-state index contributed by atoms with van der Waals surface area (Å²) in [7, 11) is 0. The Labute approximate surface area is 149 Å². The lowest BCUT2D eigenvalue weighted by Gasteiger charge is -2.35. The highest BCUT2D eigenvalue weighted by Crippen LogP contribution is 2.20. The number of halogens is 2. The molecule has 120 valence electrons. The Bertz CT molecular complexity index is 730. The minimum atomic E-state index is 0.0914. The molecule has 0 radical (unpaired) electrons. The van der Waals surface area contributed by atoms with E-state index in [1.54, 1.807) is 6.07 Å². The molecular formula is C17H17BrClN3O. The van der Waals surface area contributed by atoms with Crippen LogP contribution in [0.2, 0.25) is 5.15 Å². The third-order valence-electron chi connectivity index (χ3n) is 4.01. The van der Waals surface area contributed by atoms with Crippen LogP contribution in [-0.4, -0.2) is 42.0 Å². The molecule has 1 aliphatic heterocycles. The number of benzene rings is 1. The van der Waals surface area contributed by atoms with Crippen molar-refractivity contribution in [2.75, 3.05) is 31.1 Å². The van der Waals surface area contributed by atoms with Gasteiger partial charge in [0.15, 0.2) is 0 Å². The number of aryl methyl sites for hydroxylation is 1. The Morgan fingerprint density at radius 2 is 1.91 bits per heavy atom. The molecule has 0 N–H and O–H groups in total. The molecule has 0 bridgehead atoms. The number of hydrogen-bond donors (Lipinski definition) is 0. The van der Waals surface area contributed by atoms with Gasteiger partial charge in [-0.05, 0) is 42.8 Å².